The Hall–Kier alpha value is -2.38. The Bertz CT molecular complexity index is 768. The lowest BCUT2D eigenvalue weighted by Gasteiger charge is -1.95. The molecule has 0 saturated heterocycles. The van der Waals surface area contributed by atoms with E-state index >= 15 is 0 Å². The highest BCUT2D eigenvalue weighted by Gasteiger charge is 2.06. The fourth-order valence-electron chi connectivity index (χ4n) is 1.79. The average Bonchev–Trinajstić information content (AvgIpc) is 2.81. The van der Waals surface area contributed by atoms with E-state index in [2.05, 4.69) is 11.1 Å². The molecule has 0 saturated carbocycles. The van der Waals surface area contributed by atoms with Gasteiger partial charge >= 0.3 is 0 Å². The minimum Gasteiger partial charge on any atom is -0.399 e. The maximum absolute atomic E-state index is 8.90. The van der Waals surface area contributed by atoms with Crippen molar-refractivity contribution in [3.8, 4) is 16.6 Å². The summed E-state index contributed by atoms with van der Waals surface area (Å²) in [5.74, 6) is 0. The average molecular weight is 251 g/mol. The Morgan fingerprint density at radius 2 is 2.06 bits per heavy atom. The molecule has 0 bridgehead atoms. The van der Waals surface area contributed by atoms with Crippen LogP contribution in [0.5, 0.6) is 0 Å². The number of nitrogens with two attached hydrogens (primary N) is 1. The summed E-state index contributed by atoms with van der Waals surface area (Å²) in [5.41, 5.74) is 9.04. The van der Waals surface area contributed by atoms with Crippen molar-refractivity contribution in [1.82, 2.24) is 4.98 Å². The van der Waals surface area contributed by atoms with Gasteiger partial charge in [0.1, 0.15) is 5.01 Å². The molecule has 0 radical (unpaired) electrons. The van der Waals surface area contributed by atoms with Gasteiger partial charge in [0.05, 0.1) is 21.8 Å². The van der Waals surface area contributed by atoms with Crippen molar-refractivity contribution in [2.45, 2.75) is 0 Å². The molecule has 0 fully saturated rings. The van der Waals surface area contributed by atoms with E-state index < -0.39 is 0 Å². The second-order valence-corrected chi connectivity index (χ2v) is 4.97. The summed E-state index contributed by atoms with van der Waals surface area (Å²) in [6.07, 6.45) is 0. The number of anilines is 1. The minimum absolute atomic E-state index is 0.645. The fraction of sp³-hybridized carbons (Fsp3) is 0. The van der Waals surface area contributed by atoms with Gasteiger partial charge in [-0.2, -0.15) is 5.26 Å². The zero-order chi connectivity index (χ0) is 12.5. The van der Waals surface area contributed by atoms with Crippen LogP contribution in [0, 0.1) is 11.3 Å². The van der Waals surface area contributed by atoms with Crippen LogP contribution in [0.3, 0.4) is 0 Å². The number of hydrogen-bond acceptors (Lipinski definition) is 4. The molecule has 0 aliphatic rings. The van der Waals surface area contributed by atoms with Crippen LogP contribution in [0.15, 0.2) is 42.5 Å². The zero-order valence-electron chi connectivity index (χ0n) is 9.42. The van der Waals surface area contributed by atoms with Gasteiger partial charge in [0.15, 0.2) is 0 Å². The Morgan fingerprint density at radius 3 is 2.89 bits per heavy atom. The molecule has 0 amide bonds. The van der Waals surface area contributed by atoms with E-state index in [-0.39, 0.29) is 0 Å². The predicted octanol–water partition coefficient (Wildman–Crippen LogP) is 3.42. The molecule has 0 unspecified atom stereocenters. The van der Waals surface area contributed by atoms with Crippen LogP contribution in [0.1, 0.15) is 5.56 Å². The van der Waals surface area contributed by atoms with Crippen LogP contribution in [0.25, 0.3) is 20.8 Å². The van der Waals surface area contributed by atoms with Gasteiger partial charge in [-0.3, -0.25) is 0 Å². The summed E-state index contributed by atoms with van der Waals surface area (Å²) < 4.78 is 1.06. The SMILES string of the molecule is N#Cc1cccc(-c2nc3ccc(N)cc3s2)c1. The van der Waals surface area contributed by atoms with E-state index in [1.54, 1.807) is 17.4 Å². The highest BCUT2D eigenvalue weighted by molar-refractivity contribution is 7.21. The van der Waals surface area contributed by atoms with Crippen molar-refractivity contribution in [2.75, 3.05) is 5.73 Å². The molecule has 1 aromatic heterocycles. The fourth-order valence-corrected chi connectivity index (χ4v) is 2.80. The quantitative estimate of drug-likeness (QED) is 0.674. The van der Waals surface area contributed by atoms with Gasteiger partial charge in [-0.1, -0.05) is 12.1 Å². The molecule has 4 heteroatoms. The molecule has 86 valence electrons. The van der Waals surface area contributed by atoms with Crippen LogP contribution in [-0.4, -0.2) is 4.98 Å². The number of nitriles is 1. The van der Waals surface area contributed by atoms with Gasteiger partial charge < -0.3 is 5.73 Å². The number of thiazole rings is 1. The molecule has 0 aliphatic heterocycles. The molecule has 3 rings (SSSR count). The third-order valence-electron chi connectivity index (χ3n) is 2.65. The first-order valence-electron chi connectivity index (χ1n) is 5.43. The first kappa shape index (κ1) is 10.8. The van der Waals surface area contributed by atoms with E-state index in [0.717, 1.165) is 26.5 Å². The smallest absolute Gasteiger partial charge is 0.124 e. The van der Waals surface area contributed by atoms with Crippen LogP contribution in [0.2, 0.25) is 0 Å². The molecule has 0 aliphatic carbocycles. The number of fused-ring (bicyclic) bond motifs is 1. The van der Waals surface area contributed by atoms with Gasteiger partial charge in [0.25, 0.3) is 0 Å². The molecule has 0 atom stereocenters. The molecule has 3 nitrogen and oxygen atoms in total. The zero-order valence-corrected chi connectivity index (χ0v) is 10.2. The maximum atomic E-state index is 8.90. The molecule has 18 heavy (non-hydrogen) atoms. The van der Waals surface area contributed by atoms with E-state index in [0.29, 0.717) is 5.56 Å². The first-order chi connectivity index (χ1) is 8.76. The van der Waals surface area contributed by atoms with Crippen molar-refractivity contribution < 1.29 is 0 Å². The highest BCUT2D eigenvalue weighted by atomic mass is 32.1. The van der Waals surface area contributed by atoms with E-state index in [1.165, 1.54) is 0 Å². The third kappa shape index (κ3) is 1.81. The summed E-state index contributed by atoms with van der Waals surface area (Å²) in [5, 5.41) is 9.81. The topological polar surface area (TPSA) is 62.7 Å². The van der Waals surface area contributed by atoms with Crippen molar-refractivity contribution in [3.05, 3.63) is 48.0 Å². The van der Waals surface area contributed by atoms with Gasteiger partial charge in [-0.25, -0.2) is 4.98 Å². The third-order valence-corrected chi connectivity index (χ3v) is 3.72. The lowest BCUT2D eigenvalue weighted by atomic mass is 10.1. The monoisotopic (exact) mass is 251 g/mol. The molecular formula is C14H9N3S. The number of hydrogen-bond donors (Lipinski definition) is 1. The van der Waals surface area contributed by atoms with Crippen molar-refractivity contribution in [1.29, 1.82) is 5.26 Å². The number of benzene rings is 2. The molecule has 2 aromatic carbocycles. The Balaban J connectivity index is 2.16. The Kier molecular flexibility index (Phi) is 2.47. The Labute approximate surface area is 108 Å². The summed E-state index contributed by atoms with van der Waals surface area (Å²) >= 11 is 1.58. The van der Waals surface area contributed by atoms with Gasteiger partial charge in [0.2, 0.25) is 0 Å². The van der Waals surface area contributed by atoms with Gasteiger partial charge in [-0.05, 0) is 30.3 Å². The maximum Gasteiger partial charge on any atom is 0.124 e. The van der Waals surface area contributed by atoms with Crippen molar-refractivity contribution in [2.24, 2.45) is 0 Å². The number of nitrogen functional groups attached to an aromatic ring is 1. The summed E-state index contributed by atoms with van der Waals surface area (Å²) in [4.78, 5) is 4.55. The largest absolute Gasteiger partial charge is 0.399 e. The lowest BCUT2D eigenvalue weighted by molar-refractivity contribution is 1.45. The molecule has 1 heterocycles. The van der Waals surface area contributed by atoms with Gasteiger partial charge in [-0.15, -0.1) is 11.3 Å². The molecule has 0 spiro atoms. The van der Waals surface area contributed by atoms with E-state index in [4.69, 9.17) is 11.0 Å². The molecule has 2 N–H and O–H groups in total. The lowest BCUT2D eigenvalue weighted by Crippen LogP contribution is -1.81. The van der Waals surface area contributed by atoms with Crippen molar-refractivity contribution >= 4 is 27.2 Å². The number of nitrogens with zero attached hydrogens (tertiary/aromatic N) is 2. The van der Waals surface area contributed by atoms with Crippen LogP contribution < -0.4 is 5.73 Å². The summed E-state index contributed by atoms with van der Waals surface area (Å²) in [6.45, 7) is 0. The number of aromatic nitrogens is 1. The summed E-state index contributed by atoms with van der Waals surface area (Å²) in [6, 6.07) is 15.3. The second-order valence-electron chi connectivity index (χ2n) is 3.94. The standard InChI is InChI=1S/C14H9N3S/c15-8-9-2-1-3-10(6-9)14-17-12-5-4-11(16)7-13(12)18-14/h1-7H,16H2. The van der Waals surface area contributed by atoms with E-state index in [9.17, 15) is 0 Å². The normalized spacial score (nSPS) is 10.4. The van der Waals surface area contributed by atoms with Crippen LogP contribution in [-0.2, 0) is 0 Å². The predicted molar refractivity (Wildman–Crippen MR) is 74.2 cm³/mol. The molecule has 3 aromatic rings. The molecular weight excluding hydrogens is 242 g/mol. The van der Waals surface area contributed by atoms with E-state index in [1.807, 2.05) is 36.4 Å². The van der Waals surface area contributed by atoms with Crippen LogP contribution in [0.4, 0.5) is 5.69 Å². The van der Waals surface area contributed by atoms with Gasteiger partial charge in [0, 0.05) is 11.3 Å². The van der Waals surface area contributed by atoms with Crippen molar-refractivity contribution in [3.63, 3.8) is 0 Å². The second kappa shape index (κ2) is 4.13. The Morgan fingerprint density at radius 1 is 1.17 bits per heavy atom. The number of rotatable bonds is 1. The van der Waals surface area contributed by atoms with Crippen LogP contribution >= 0.6 is 11.3 Å². The highest BCUT2D eigenvalue weighted by Crippen LogP contribution is 2.31. The summed E-state index contributed by atoms with van der Waals surface area (Å²) in [7, 11) is 0. The first-order valence-corrected chi connectivity index (χ1v) is 6.24. The minimum atomic E-state index is 0.645.